The molecule has 0 bridgehead atoms. The lowest BCUT2D eigenvalue weighted by Crippen LogP contribution is -2.08. The molecule has 0 aliphatic carbocycles. The Morgan fingerprint density at radius 1 is 0.585 bits per heavy atom. The van der Waals surface area contributed by atoms with Gasteiger partial charge in [0.05, 0.1) is 18.8 Å². The second kappa shape index (κ2) is 22.6. The van der Waals surface area contributed by atoms with Gasteiger partial charge in [-0.3, -0.25) is 0 Å². The SMILES string of the molecule is CCCCCCCCCCCCCCOc1ccc(C(=O)Oc2ccc(/C=C/C(=O)OCCCCCC)cc2)cc1. The number of hydrogen-bond acceptors (Lipinski definition) is 5. The average molecular weight is 565 g/mol. The van der Waals surface area contributed by atoms with Crippen LogP contribution in [0.25, 0.3) is 6.08 Å². The lowest BCUT2D eigenvalue weighted by Gasteiger charge is -2.08. The summed E-state index contributed by atoms with van der Waals surface area (Å²) in [6.45, 7) is 5.56. The van der Waals surface area contributed by atoms with E-state index in [0.29, 0.717) is 24.5 Å². The second-order valence-electron chi connectivity index (χ2n) is 10.8. The monoisotopic (exact) mass is 564 g/mol. The summed E-state index contributed by atoms with van der Waals surface area (Å²) in [4.78, 5) is 24.4. The summed E-state index contributed by atoms with van der Waals surface area (Å²) in [5, 5.41) is 0. The Morgan fingerprint density at radius 2 is 1.07 bits per heavy atom. The summed E-state index contributed by atoms with van der Waals surface area (Å²) in [7, 11) is 0. The number of esters is 2. The topological polar surface area (TPSA) is 61.8 Å². The van der Waals surface area contributed by atoms with Gasteiger partial charge >= 0.3 is 11.9 Å². The molecule has 0 aliphatic heterocycles. The maximum absolute atomic E-state index is 12.5. The van der Waals surface area contributed by atoms with Crippen LogP contribution in [0.1, 0.15) is 133 Å². The maximum Gasteiger partial charge on any atom is 0.343 e. The van der Waals surface area contributed by atoms with E-state index in [-0.39, 0.29) is 5.97 Å². The van der Waals surface area contributed by atoms with Gasteiger partial charge < -0.3 is 14.2 Å². The number of unbranched alkanes of at least 4 members (excludes halogenated alkanes) is 14. The molecule has 2 aromatic rings. The number of hydrogen-bond donors (Lipinski definition) is 0. The van der Waals surface area contributed by atoms with Crippen molar-refractivity contribution in [2.24, 2.45) is 0 Å². The molecule has 0 heterocycles. The first-order valence-electron chi connectivity index (χ1n) is 16.0. The van der Waals surface area contributed by atoms with Crippen LogP contribution in [0.15, 0.2) is 54.6 Å². The Morgan fingerprint density at radius 3 is 1.66 bits per heavy atom. The number of carbonyl (C=O) groups excluding carboxylic acids is 2. The van der Waals surface area contributed by atoms with Gasteiger partial charge in [-0.05, 0) is 60.9 Å². The Labute approximate surface area is 248 Å². The van der Waals surface area contributed by atoms with Gasteiger partial charge in [-0.25, -0.2) is 9.59 Å². The van der Waals surface area contributed by atoms with Crippen molar-refractivity contribution >= 4 is 18.0 Å². The quantitative estimate of drug-likeness (QED) is 0.0581. The second-order valence-corrected chi connectivity index (χ2v) is 10.8. The highest BCUT2D eigenvalue weighted by atomic mass is 16.5. The highest BCUT2D eigenvalue weighted by Gasteiger charge is 2.09. The van der Waals surface area contributed by atoms with Crippen molar-refractivity contribution in [3.8, 4) is 11.5 Å². The molecule has 5 heteroatoms. The predicted molar refractivity (Wildman–Crippen MR) is 169 cm³/mol. The van der Waals surface area contributed by atoms with Crippen molar-refractivity contribution in [2.75, 3.05) is 13.2 Å². The molecule has 226 valence electrons. The van der Waals surface area contributed by atoms with Gasteiger partial charge in [-0.1, -0.05) is 116 Å². The zero-order valence-corrected chi connectivity index (χ0v) is 25.5. The van der Waals surface area contributed by atoms with Gasteiger partial charge in [0.15, 0.2) is 0 Å². The minimum atomic E-state index is -0.424. The third kappa shape index (κ3) is 16.7. The Balaban J connectivity index is 1.58. The maximum atomic E-state index is 12.5. The van der Waals surface area contributed by atoms with E-state index >= 15 is 0 Å². The largest absolute Gasteiger partial charge is 0.494 e. The molecule has 0 radical (unpaired) electrons. The first kappa shape index (κ1) is 34.1. The minimum absolute atomic E-state index is 0.349. The Hall–Kier alpha value is -3.08. The molecule has 2 aromatic carbocycles. The van der Waals surface area contributed by atoms with Gasteiger partial charge in [0.2, 0.25) is 0 Å². The molecule has 0 spiro atoms. The van der Waals surface area contributed by atoms with Crippen LogP contribution in [0.4, 0.5) is 0 Å². The van der Waals surface area contributed by atoms with Crippen molar-refractivity contribution in [3.05, 3.63) is 65.7 Å². The summed E-state index contributed by atoms with van der Waals surface area (Å²) in [6.07, 6.45) is 23.2. The summed E-state index contributed by atoms with van der Waals surface area (Å²) in [6, 6.07) is 14.1. The van der Waals surface area contributed by atoms with Gasteiger partial charge in [-0.15, -0.1) is 0 Å². The molecule has 0 aliphatic rings. The predicted octanol–water partition coefficient (Wildman–Crippen LogP) is 10.1. The number of carbonyl (C=O) groups is 2. The Bertz CT molecular complexity index is 978. The zero-order chi connectivity index (χ0) is 29.4. The first-order valence-corrected chi connectivity index (χ1v) is 16.0. The third-order valence-electron chi connectivity index (χ3n) is 7.10. The molecular formula is C36H52O5. The van der Waals surface area contributed by atoms with Crippen LogP contribution in [-0.4, -0.2) is 25.2 Å². The number of rotatable bonds is 23. The smallest absolute Gasteiger partial charge is 0.343 e. The lowest BCUT2D eigenvalue weighted by atomic mass is 10.1. The molecule has 0 amide bonds. The standard InChI is InChI=1S/C36H52O5/c1-3-5-7-9-10-11-12-13-14-15-16-18-29-39-33-26-22-32(23-27-33)36(38)41-34-24-19-31(20-25-34)21-28-35(37)40-30-17-8-6-4-2/h19-28H,3-18,29-30H2,1-2H3/b28-21+. The molecule has 41 heavy (non-hydrogen) atoms. The van der Waals surface area contributed by atoms with E-state index in [2.05, 4.69) is 13.8 Å². The van der Waals surface area contributed by atoms with Crippen molar-refractivity contribution in [3.63, 3.8) is 0 Å². The summed E-state index contributed by atoms with van der Waals surface area (Å²) < 4.78 is 16.5. The molecule has 0 fully saturated rings. The molecule has 0 saturated carbocycles. The van der Waals surface area contributed by atoms with E-state index in [1.165, 1.54) is 76.7 Å². The zero-order valence-electron chi connectivity index (χ0n) is 25.5. The van der Waals surface area contributed by atoms with E-state index in [4.69, 9.17) is 14.2 Å². The summed E-state index contributed by atoms with van der Waals surface area (Å²) in [5.41, 5.74) is 1.29. The average Bonchev–Trinajstić information content (AvgIpc) is 2.99. The fourth-order valence-corrected chi connectivity index (χ4v) is 4.55. The van der Waals surface area contributed by atoms with Gasteiger partial charge in [0.25, 0.3) is 0 Å². The van der Waals surface area contributed by atoms with E-state index in [1.54, 1.807) is 42.5 Å². The fourth-order valence-electron chi connectivity index (χ4n) is 4.55. The van der Waals surface area contributed by atoms with Crippen LogP contribution < -0.4 is 9.47 Å². The van der Waals surface area contributed by atoms with Crippen molar-refractivity contribution < 1.29 is 23.8 Å². The fraction of sp³-hybridized carbons (Fsp3) is 0.556. The van der Waals surface area contributed by atoms with Crippen molar-refractivity contribution in [2.45, 2.75) is 117 Å². The third-order valence-corrected chi connectivity index (χ3v) is 7.10. The highest BCUT2D eigenvalue weighted by molar-refractivity contribution is 5.91. The highest BCUT2D eigenvalue weighted by Crippen LogP contribution is 2.18. The molecule has 5 nitrogen and oxygen atoms in total. The molecule has 0 N–H and O–H groups in total. The molecule has 2 rings (SSSR count). The van der Waals surface area contributed by atoms with Gasteiger partial charge in [0, 0.05) is 6.08 Å². The van der Waals surface area contributed by atoms with Crippen LogP contribution in [0.3, 0.4) is 0 Å². The number of benzene rings is 2. The van der Waals surface area contributed by atoms with Crippen LogP contribution in [0, 0.1) is 0 Å². The van der Waals surface area contributed by atoms with Crippen molar-refractivity contribution in [1.82, 2.24) is 0 Å². The first-order chi connectivity index (χ1) is 20.1. The molecule has 0 atom stereocenters. The number of ether oxygens (including phenoxy) is 3. The summed E-state index contributed by atoms with van der Waals surface area (Å²) in [5.74, 6) is 0.434. The van der Waals surface area contributed by atoms with Crippen LogP contribution in [0.2, 0.25) is 0 Å². The summed E-state index contributed by atoms with van der Waals surface area (Å²) >= 11 is 0. The van der Waals surface area contributed by atoms with E-state index in [1.807, 2.05) is 12.1 Å². The van der Waals surface area contributed by atoms with Crippen LogP contribution in [0.5, 0.6) is 11.5 Å². The molecule has 0 unspecified atom stereocenters. The van der Waals surface area contributed by atoms with E-state index in [9.17, 15) is 9.59 Å². The molecular weight excluding hydrogens is 512 g/mol. The van der Waals surface area contributed by atoms with E-state index < -0.39 is 5.97 Å². The van der Waals surface area contributed by atoms with Gasteiger partial charge in [-0.2, -0.15) is 0 Å². The minimum Gasteiger partial charge on any atom is -0.494 e. The van der Waals surface area contributed by atoms with E-state index in [0.717, 1.165) is 43.4 Å². The normalized spacial score (nSPS) is 11.1. The Kier molecular flexibility index (Phi) is 18.8. The molecule has 0 aromatic heterocycles. The van der Waals surface area contributed by atoms with Crippen LogP contribution in [-0.2, 0) is 9.53 Å². The van der Waals surface area contributed by atoms with Gasteiger partial charge in [0.1, 0.15) is 11.5 Å². The molecule has 0 saturated heterocycles. The van der Waals surface area contributed by atoms with Crippen LogP contribution >= 0.6 is 0 Å². The van der Waals surface area contributed by atoms with Crippen molar-refractivity contribution in [1.29, 1.82) is 0 Å². The lowest BCUT2D eigenvalue weighted by molar-refractivity contribution is -0.137.